The van der Waals surface area contributed by atoms with Gasteiger partial charge in [0.05, 0.1) is 16.4 Å². The van der Waals surface area contributed by atoms with Gasteiger partial charge < -0.3 is 4.90 Å². The summed E-state index contributed by atoms with van der Waals surface area (Å²) in [7, 11) is 3.74. The first kappa shape index (κ1) is 16.6. The van der Waals surface area contributed by atoms with E-state index in [0.717, 1.165) is 21.3 Å². The van der Waals surface area contributed by atoms with Crippen LogP contribution >= 0.6 is 35.1 Å². The molecule has 0 saturated carbocycles. The lowest BCUT2D eigenvalue weighted by Gasteiger charge is -2.14. The Kier molecular flexibility index (Phi) is 4.27. The fourth-order valence-corrected chi connectivity index (χ4v) is 5.06. The number of nitrogens with zero attached hydrogens (tertiary/aromatic N) is 3. The van der Waals surface area contributed by atoms with E-state index in [4.69, 9.17) is 11.6 Å². The number of benzene rings is 2. The van der Waals surface area contributed by atoms with Crippen LogP contribution in [0.5, 0.6) is 0 Å². The summed E-state index contributed by atoms with van der Waals surface area (Å²) in [6.45, 7) is 0. The van der Waals surface area contributed by atoms with Crippen molar-refractivity contribution < 1.29 is 4.79 Å². The largest absolute Gasteiger partial charge is 0.337 e. The van der Waals surface area contributed by atoms with E-state index in [0.29, 0.717) is 15.1 Å². The lowest BCUT2D eigenvalue weighted by atomic mass is 10.3. The van der Waals surface area contributed by atoms with Crippen molar-refractivity contribution in [3.05, 3.63) is 63.5 Å². The molecule has 2 aliphatic heterocycles. The summed E-state index contributed by atoms with van der Waals surface area (Å²) in [5.41, 5.74) is 1.89. The highest BCUT2D eigenvalue weighted by Crippen LogP contribution is 2.49. The molecule has 0 unspecified atom stereocenters. The van der Waals surface area contributed by atoms with Gasteiger partial charge in [0.15, 0.2) is 5.17 Å². The van der Waals surface area contributed by atoms with Crippen LogP contribution in [0.2, 0.25) is 5.02 Å². The van der Waals surface area contributed by atoms with Crippen molar-refractivity contribution in [1.29, 1.82) is 0 Å². The molecule has 1 saturated heterocycles. The number of carbonyl (C=O) groups excluding carboxylic acids is 1. The zero-order chi connectivity index (χ0) is 17.6. The second kappa shape index (κ2) is 6.44. The van der Waals surface area contributed by atoms with Gasteiger partial charge in [0.25, 0.3) is 5.91 Å². The number of rotatable bonds is 1. The molecule has 7 heteroatoms. The standard InChI is InChI=1S/C18H14ClN3OS2/c1-21-13-5-3-4-6-14(13)24-17(21)15-16(23)22(2)18(25-15)20-12-9-7-11(19)8-10-12/h3-10H,1-2H3. The quantitative estimate of drug-likeness (QED) is 0.649. The van der Waals surface area contributed by atoms with Crippen molar-refractivity contribution in [2.45, 2.75) is 4.90 Å². The number of aliphatic imine (C=N–C) groups is 1. The molecule has 2 aromatic rings. The van der Waals surface area contributed by atoms with Crippen LogP contribution in [-0.2, 0) is 4.79 Å². The van der Waals surface area contributed by atoms with Gasteiger partial charge in [-0.3, -0.25) is 9.69 Å². The summed E-state index contributed by atoms with van der Waals surface area (Å²) >= 11 is 8.95. The second-order valence-corrected chi connectivity index (χ2v) is 8.04. The number of halogens is 1. The van der Waals surface area contributed by atoms with Gasteiger partial charge in [-0.2, -0.15) is 0 Å². The minimum atomic E-state index is -0.0279. The molecule has 2 heterocycles. The van der Waals surface area contributed by atoms with Crippen molar-refractivity contribution >= 4 is 57.6 Å². The number of thioether (sulfide) groups is 2. The van der Waals surface area contributed by atoms with Crippen molar-refractivity contribution in [2.24, 2.45) is 4.99 Å². The molecule has 1 amide bonds. The molecule has 0 radical (unpaired) electrons. The van der Waals surface area contributed by atoms with Gasteiger partial charge in [0.2, 0.25) is 0 Å². The molecule has 0 atom stereocenters. The normalized spacial score (nSPS) is 21.4. The fourth-order valence-electron chi connectivity index (χ4n) is 2.60. The summed E-state index contributed by atoms with van der Waals surface area (Å²) in [4.78, 5) is 22.9. The number of para-hydroxylation sites is 1. The molecule has 0 bridgehead atoms. The molecule has 2 aromatic carbocycles. The summed E-state index contributed by atoms with van der Waals surface area (Å²) in [6, 6.07) is 15.4. The average molecular weight is 388 g/mol. The number of anilines is 1. The highest BCUT2D eigenvalue weighted by atomic mass is 35.5. The van der Waals surface area contributed by atoms with Gasteiger partial charge in [-0.15, -0.1) is 0 Å². The van der Waals surface area contributed by atoms with Gasteiger partial charge in [0.1, 0.15) is 4.91 Å². The van der Waals surface area contributed by atoms with E-state index in [-0.39, 0.29) is 5.91 Å². The molecule has 0 N–H and O–H groups in total. The highest BCUT2D eigenvalue weighted by molar-refractivity contribution is 8.19. The van der Waals surface area contributed by atoms with Crippen LogP contribution in [0.3, 0.4) is 0 Å². The minimum Gasteiger partial charge on any atom is -0.337 e. The molecule has 1 fully saturated rings. The van der Waals surface area contributed by atoms with Crippen LogP contribution in [0.4, 0.5) is 11.4 Å². The number of hydrogen-bond donors (Lipinski definition) is 0. The maximum atomic E-state index is 12.7. The molecular weight excluding hydrogens is 374 g/mol. The maximum absolute atomic E-state index is 12.7. The fraction of sp³-hybridized carbons (Fsp3) is 0.111. The first-order valence-electron chi connectivity index (χ1n) is 7.59. The Morgan fingerprint density at radius 2 is 1.68 bits per heavy atom. The van der Waals surface area contributed by atoms with E-state index in [9.17, 15) is 4.79 Å². The molecule has 4 nitrogen and oxygen atoms in total. The number of fused-ring (bicyclic) bond motifs is 1. The zero-order valence-corrected chi connectivity index (χ0v) is 16.0. The van der Waals surface area contributed by atoms with Crippen LogP contribution in [-0.4, -0.2) is 30.1 Å². The molecule has 126 valence electrons. The zero-order valence-electron chi connectivity index (χ0n) is 13.6. The Hall–Kier alpha value is -1.89. The number of amides is 1. The molecule has 25 heavy (non-hydrogen) atoms. The SMILES string of the molecule is CN1C(=O)C(=C2Sc3ccccc3N2C)SC1=Nc1ccc(Cl)cc1. The van der Waals surface area contributed by atoms with Crippen molar-refractivity contribution in [1.82, 2.24) is 4.90 Å². The van der Waals surface area contributed by atoms with Crippen LogP contribution in [0, 0.1) is 0 Å². The summed E-state index contributed by atoms with van der Waals surface area (Å²) in [6.07, 6.45) is 0. The minimum absolute atomic E-state index is 0.0279. The molecule has 0 aromatic heterocycles. The Bertz CT molecular complexity index is 924. The lowest BCUT2D eigenvalue weighted by molar-refractivity contribution is -0.121. The smallest absolute Gasteiger partial charge is 0.269 e. The highest BCUT2D eigenvalue weighted by Gasteiger charge is 2.37. The first-order valence-corrected chi connectivity index (χ1v) is 9.61. The Morgan fingerprint density at radius 1 is 0.960 bits per heavy atom. The maximum Gasteiger partial charge on any atom is 0.269 e. The third-order valence-corrected chi connectivity index (χ3v) is 6.70. The van der Waals surface area contributed by atoms with E-state index in [1.165, 1.54) is 11.8 Å². The predicted octanol–water partition coefficient (Wildman–Crippen LogP) is 4.94. The molecular formula is C18H14ClN3OS2. The first-order chi connectivity index (χ1) is 12.0. The van der Waals surface area contributed by atoms with Gasteiger partial charge in [-0.1, -0.05) is 35.5 Å². The third kappa shape index (κ3) is 2.94. The summed E-state index contributed by atoms with van der Waals surface area (Å²) in [5.74, 6) is -0.0279. The van der Waals surface area contributed by atoms with Crippen LogP contribution in [0.15, 0.2) is 68.4 Å². The number of carbonyl (C=O) groups is 1. The molecule has 0 aliphatic carbocycles. The molecule has 2 aliphatic rings. The van der Waals surface area contributed by atoms with E-state index in [2.05, 4.69) is 22.0 Å². The Morgan fingerprint density at radius 3 is 2.40 bits per heavy atom. The van der Waals surface area contributed by atoms with Gasteiger partial charge in [0, 0.05) is 24.0 Å². The summed E-state index contributed by atoms with van der Waals surface area (Å²) < 4.78 is 0. The van der Waals surface area contributed by atoms with Gasteiger partial charge >= 0.3 is 0 Å². The number of likely N-dealkylation sites (N-methyl/N-ethyl adjacent to an activating group) is 1. The predicted molar refractivity (Wildman–Crippen MR) is 107 cm³/mol. The van der Waals surface area contributed by atoms with Crippen LogP contribution in [0.25, 0.3) is 0 Å². The van der Waals surface area contributed by atoms with Crippen LogP contribution < -0.4 is 4.90 Å². The van der Waals surface area contributed by atoms with E-state index in [1.807, 2.05) is 31.3 Å². The Balaban J connectivity index is 1.69. The molecule has 0 spiro atoms. The lowest BCUT2D eigenvalue weighted by Crippen LogP contribution is -2.24. The monoisotopic (exact) mass is 387 g/mol. The van der Waals surface area contributed by atoms with Crippen LogP contribution in [0.1, 0.15) is 0 Å². The van der Waals surface area contributed by atoms with E-state index >= 15 is 0 Å². The van der Waals surface area contributed by atoms with E-state index < -0.39 is 0 Å². The second-order valence-electron chi connectivity index (χ2n) is 5.60. The topological polar surface area (TPSA) is 35.9 Å². The number of amidine groups is 1. The van der Waals surface area contributed by atoms with Crippen molar-refractivity contribution in [3.63, 3.8) is 0 Å². The number of hydrogen-bond acceptors (Lipinski definition) is 5. The Labute approximate surface area is 159 Å². The molecule has 4 rings (SSSR count). The average Bonchev–Trinajstić information content (AvgIpc) is 3.09. The van der Waals surface area contributed by atoms with Gasteiger partial charge in [-0.25, -0.2) is 4.99 Å². The van der Waals surface area contributed by atoms with Gasteiger partial charge in [-0.05, 0) is 48.2 Å². The summed E-state index contributed by atoms with van der Waals surface area (Å²) in [5, 5.41) is 2.28. The third-order valence-electron chi connectivity index (χ3n) is 3.96. The van der Waals surface area contributed by atoms with E-state index in [1.54, 1.807) is 35.8 Å². The van der Waals surface area contributed by atoms with Crippen molar-refractivity contribution in [2.75, 3.05) is 19.0 Å². The van der Waals surface area contributed by atoms with Crippen molar-refractivity contribution in [3.8, 4) is 0 Å².